The van der Waals surface area contributed by atoms with Crippen LogP contribution in [0.15, 0.2) is 53.2 Å². The minimum atomic E-state index is -0.657. The van der Waals surface area contributed by atoms with Gasteiger partial charge in [0.2, 0.25) is 0 Å². The van der Waals surface area contributed by atoms with Crippen molar-refractivity contribution in [1.29, 1.82) is 0 Å². The van der Waals surface area contributed by atoms with Gasteiger partial charge in [-0.3, -0.25) is 10.5 Å². The van der Waals surface area contributed by atoms with Crippen molar-refractivity contribution in [2.45, 2.75) is 13.3 Å². The van der Waals surface area contributed by atoms with Crippen LogP contribution in [0.5, 0.6) is 0 Å². The van der Waals surface area contributed by atoms with E-state index in [9.17, 15) is 4.79 Å². The highest BCUT2D eigenvalue weighted by Crippen LogP contribution is 2.22. The van der Waals surface area contributed by atoms with E-state index in [-0.39, 0.29) is 0 Å². The van der Waals surface area contributed by atoms with Crippen LogP contribution in [0.1, 0.15) is 17.0 Å². The van der Waals surface area contributed by atoms with Gasteiger partial charge >= 0.3 is 6.03 Å². The maximum Gasteiger partial charge on any atom is 0.346 e. The van der Waals surface area contributed by atoms with Gasteiger partial charge in [0, 0.05) is 18.8 Å². The number of anilines is 1. The fraction of sp³-hybridized carbons (Fsp3) is 0.167. The molecule has 0 fully saturated rings. The summed E-state index contributed by atoms with van der Waals surface area (Å²) >= 11 is 0. The van der Waals surface area contributed by atoms with Crippen LogP contribution in [0.3, 0.4) is 0 Å². The summed E-state index contributed by atoms with van der Waals surface area (Å²) in [6, 6.07) is 10.9. The molecule has 2 heterocycles. The quantitative estimate of drug-likeness (QED) is 0.561. The summed E-state index contributed by atoms with van der Waals surface area (Å²) in [7, 11) is 1.23. The average Bonchev–Trinajstić information content (AvgIpc) is 3.05. The summed E-state index contributed by atoms with van der Waals surface area (Å²) in [5.41, 5.74) is 3.07. The first kappa shape index (κ1) is 16.7. The number of hydrogen-bond acceptors (Lipinski definition) is 5. The molecule has 25 heavy (non-hydrogen) atoms. The largest absolute Gasteiger partial charge is 0.440 e. The molecule has 0 saturated heterocycles. The molecule has 0 unspecified atom stereocenters. The highest BCUT2D eigenvalue weighted by Gasteiger charge is 2.09. The number of carbonyl (C=O) groups excluding carboxylic acids is 1. The number of amides is 2. The van der Waals surface area contributed by atoms with Crippen LogP contribution >= 0.6 is 0 Å². The van der Waals surface area contributed by atoms with Gasteiger partial charge in [0.15, 0.2) is 11.7 Å². The molecule has 0 saturated carbocycles. The number of pyridine rings is 1. The predicted octanol–water partition coefficient (Wildman–Crippen LogP) is 3.49. The van der Waals surface area contributed by atoms with E-state index in [1.807, 2.05) is 37.3 Å². The molecule has 0 aliphatic heterocycles. The molecule has 0 aliphatic carbocycles. The number of benzene rings is 1. The second-order valence-corrected chi connectivity index (χ2v) is 5.67. The minimum absolute atomic E-state index is 0.349. The Bertz CT molecular complexity index is 855. The zero-order valence-corrected chi connectivity index (χ0v) is 13.9. The van der Waals surface area contributed by atoms with Gasteiger partial charge < -0.3 is 4.42 Å². The smallest absolute Gasteiger partial charge is 0.346 e. The third kappa shape index (κ3) is 4.21. The van der Waals surface area contributed by atoms with E-state index in [1.165, 1.54) is 12.6 Å². The molecule has 0 radical (unpaired) electrons. The maximum atomic E-state index is 11.3. The van der Waals surface area contributed by atoms with Crippen LogP contribution in [0.2, 0.25) is 0 Å². The van der Waals surface area contributed by atoms with Crippen molar-refractivity contribution in [3.8, 4) is 11.3 Å². The number of hydrogen-bond donors (Lipinski definition) is 2. The first-order valence-corrected chi connectivity index (χ1v) is 7.71. The number of hydroxylamine groups is 2. The Morgan fingerprint density at radius 2 is 1.92 bits per heavy atom. The van der Waals surface area contributed by atoms with Crippen molar-refractivity contribution in [3.05, 3.63) is 65.8 Å². The Morgan fingerprint density at radius 1 is 1.16 bits per heavy atom. The Morgan fingerprint density at radius 3 is 2.56 bits per heavy atom. The second-order valence-electron chi connectivity index (χ2n) is 5.67. The maximum absolute atomic E-state index is 11.3. The Balaban J connectivity index is 1.67. The van der Waals surface area contributed by atoms with Gasteiger partial charge in [-0.05, 0) is 18.6 Å². The van der Waals surface area contributed by atoms with Gasteiger partial charge in [-0.15, -0.1) is 0 Å². The van der Waals surface area contributed by atoms with E-state index < -0.39 is 6.03 Å². The summed E-state index contributed by atoms with van der Waals surface area (Å²) in [5, 5.41) is 11.9. The summed E-state index contributed by atoms with van der Waals surface area (Å²) < 4.78 is 5.79. The van der Waals surface area contributed by atoms with Gasteiger partial charge in [0.1, 0.15) is 5.82 Å². The molecule has 7 nitrogen and oxygen atoms in total. The molecule has 0 atom stereocenters. The van der Waals surface area contributed by atoms with Crippen LogP contribution in [-0.2, 0) is 6.42 Å². The predicted molar refractivity (Wildman–Crippen MR) is 92.3 cm³/mol. The van der Waals surface area contributed by atoms with Crippen molar-refractivity contribution < 1.29 is 14.4 Å². The molecule has 3 aromatic rings. The number of oxazole rings is 1. The van der Waals surface area contributed by atoms with Crippen LogP contribution < -0.4 is 5.32 Å². The van der Waals surface area contributed by atoms with E-state index in [2.05, 4.69) is 15.3 Å². The second kappa shape index (κ2) is 7.14. The molecule has 3 rings (SSSR count). The molecule has 0 spiro atoms. The zero-order valence-electron chi connectivity index (χ0n) is 13.9. The number of aryl methyl sites for hydroxylation is 1. The monoisotopic (exact) mass is 338 g/mol. The summed E-state index contributed by atoms with van der Waals surface area (Å²) in [6.07, 6.45) is 3.83. The van der Waals surface area contributed by atoms with Gasteiger partial charge in [0.25, 0.3) is 0 Å². The fourth-order valence-electron chi connectivity index (χ4n) is 2.21. The van der Waals surface area contributed by atoms with Gasteiger partial charge in [-0.1, -0.05) is 35.9 Å². The topological polar surface area (TPSA) is 91.5 Å². The Labute approximate surface area is 144 Å². The number of urea groups is 1. The van der Waals surface area contributed by atoms with E-state index in [0.29, 0.717) is 23.2 Å². The first-order valence-electron chi connectivity index (χ1n) is 7.71. The summed E-state index contributed by atoms with van der Waals surface area (Å²) in [5.74, 6) is 1.66. The third-order valence-electron chi connectivity index (χ3n) is 3.60. The molecular weight excluding hydrogens is 320 g/mol. The van der Waals surface area contributed by atoms with Crippen molar-refractivity contribution >= 4 is 11.8 Å². The lowest BCUT2D eigenvalue weighted by molar-refractivity contribution is -0.0118. The normalized spacial score (nSPS) is 10.5. The van der Waals surface area contributed by atoms with Crippen LogP contribution in [0.25, 0.3) is 11.3 Å². The lowest BCUT2D eigenvalue weighted by atomic mass is 10.1. The molecule has 2 amide bonds. The summed E-state index contributed by atoms with van der Waals surface area (Å²) in [4.78, 5) is 19.8. The van der Waals surface area contributed by atoms with Crippen LogP contribution in [0, 0.1) is 6.92 Å². The molecule has 2 N–H and O–H groups in total. The van der Waals surface area contributed by atoms with Gasteiger partial charge in [0.05, 0.1) is 12.6 Å². The van der Waals surface area contributed by atoms with Crippen LogP contribution in [-0.4, -0.2) is 33.3 Å². The molecule has 0 aliphatic rings. The van der Waals surface area contributed by atoms with Crippen molar-refractivity contribution in [2.75, 3.05) is 12.4 Å². The zero-order chi connectivity index (χ0) is 17.8. The molecule has 1 aromatic carbocycles. The van der Waals surface area contributed by atoms with Gasteiger partial charge in [-0.2, -0.15) is 0 Å². The number of nitrogens with one attached hydrogen (secondary N) is 1. The van der Waals surface area contributed by atoms with Crippen LogP contribution in [0.4, 0.5) is 10.6 Å². The SMILES string of the molecule is Cc1ccc(-c2cnc(Cc3ccc(NC(=O)N(C)O)nc3)o2)cc1. The molecule has 7 heteroatoms. The minimum Gasteiger partial charge on any atom is -0.440 e. The molecular formula is C18H18N4O3. The average molecular weight is 338 g/mol. The first-order chi connectivity index (χ1) is 12.0. The van der Waals surface area contributed by atoms with E-state index >= 15 is 0 Å². The fourth-order valence-corrected chi connectivity index (χ4v) is 2.21. The Kier molecular flexibility index (Phi) is 4.76. The number of aromatic nitrogens is 2. The lowest BCUT2D eigenvalue weighted by Gasteiger charge is -2.09. The lowest BCUT2D eigenvalue weighted by Crippen LogP contribution is -2.28. The standard InChI is InChI=1S/C18H18N4O3/c1-12-3-6-14(7-4-12)15-11-20-17(25-15)9-13-5-8-16(19-10-13)21-18(23)22(2)24/h3-8,10-11,24H,9H2,1-2H3,(H,19,21,23). The van der Waals surface area contributed by atoms with E-state index in [1.54, 1.807) is 18.5 Å². The number of nitrogens with zero attached hydrogens (tertiary/aromatic N) is 3. The van der Waals surface area contributed by atoms with Gasteiger partial charge in [-0.25, -0.2) is 19.8 Å². The third-order valence-corrected chi connectivity index (χ3v) is 3.60. The molecule has 0 bridgehead atoms. The highest BCUT2D eigenvalue weighted by molar-refractivity contribution is 5.87. The Hall–Kier alpha value is -3.19. The number of rotatable bonds is 4. The van der Waals surface area contributed by atoms with Crippen molar-refractivity contribution in [1.82, 2.24) is 15.0 Å². The molecule has 128 valence electrons. The summed E-state index contributed by atoms with van der Waals surface area (Å²) in [6.45, 7) is 2.03. The molecule has 2 aromatic heterocycles. The van der Waals surface area contributed by atoms with Crippen molar-refractivity contribution in [3.63, 3.8) is 0 Å². The van der Waals surface area contributed by atoms with Crippen molar-refractivity contribution in [2.24, 2.45) is 0 Å². The number of carbonyl (C=O) groups is 1. The van der Waals surface area contributed by atoms with E-state index in [4.69, 9.17) is 9.62 Å². The highest BCUT2D eigenvalue weighted by atomic mass is 16.5. The van der Waals surface area contributed by atoms with E-state index in [0.717, 1.165) is 16.9 Å².